The number of benzene rings is 1. The lowest BCUT2D eigenvalue weighted by atomic mass is 10.2. The van der Waals surface area contributed by atoms with Gasteiger partial charge in [-0.25, -0.2) is 4.98 Å². The standard InChI is InChI=1S/C18H18N4O2/c23-17(20-12-10-13-5-3-4-11-19-13)9-8-16-21-15-7-2-1-6-14(15)18(24)22-16/h1-7,11H,8-10,12H2,(H,20,23)(H,21,22,24). The molecule has 2 heterocycles. The highest BCUT2D eigenvalue weighted by Crippen LogP contribution is 2.06. The smallest absolute Gasteiger partial charge is 0.258 e. The molecule has 6 nitrogen and oxygen atoms in total. The number of aromatic nitrogens is 3. The Morgan fingerprint density at radius 3 is 2.75 bits per heavy atom. The number of aromatic amines is 1. The minimum Gasteiger partial charge on any atom is -0.356 e. The lowest BCUT2D eigenvalue weighted by molar-refractivity contribution is -0.121. The van der Waals surface area contributed by atoms with Gasteiger partial charge in [0, 0.05) is 37.7 Å². The largest absolute Gasteiger partial charge is 0.356 e. The van der Waals surface area contributed by atoms with Crippen LogP contribution in [0.15, 0.2) is 53.5 Å². The minimum absolute atomic E-state index is 0.0678. The number of amides is 1. The van der Waals surface area contributed by atoms with Gasteiger partial charge in [-0.2, -0.15) is 0 Å². The Bertz CT molecular complexity index is 890. The number of para-hydroxylation sites is 1. The van der Waals surface area contributed by atoms with E-state index in [1.54, 1.807) is 24.4 Å². The summed E-state index contributed by atoms with van der Waals surface area (Å²) in [5.41, 5.74) is 1.41. The number of carbonyl (C=O) groups is 1. The molecule has 0 spiro atoms. The second-order valence-electron chi connectivity index (χ2n) is 5.45. The van der Waals surface area contributed by atoms with Crippen LogP contribution in [0.1, 0.15) is 17.9 Å². The molecule has 0 fully saturated rings. The van der Waals surface area contributed by atoms with Crippen LogP contribution in [0, 0.1) is 0 Å². The Morgan fingerprint density at radius 1 is 1.08 bits per heavy atom. The molecule has 6 heteroatoms. The maximum absolute atomic E-state index is 12.0. The highest BCUT2D eigenvalue weighted by molar-refractivity contribution is 5.78. The molecule has 1 aromatic carbocycles. The van der Waals surface area contributed by atoms with E-state index in [0.29, 0.717) is 36.1 Å². The first-order valence-corrected chi connectivity index (χ1v) is 7.87. The van der Waals surface area contributed by atoms with Gasteiger partial charge in [0.2, 0.25) is 5.91 Å². The summed E-state index contributed by atoms with van der Waals surface area (Å²) in [6.45, 7) is 0.539. The highest BCUT2D eigenvalue weighted by Gasteiger charge is 2.06. The van der Waals surface area contributed by atoms with E-state index in [0.717, 1.165) is 5.69 Å². The van der Waals surface area contributed by atoms with E-state index in [4.69, 9.17) is 0 Å². The minimum atomic E-state index is -0.175. The fraction of sp³-hybridized carbons (Fsp3) is 0.222. The lowest BCUT2D eigenvalue weighted by Gasteiger charge is -2.05. The average Bonchev–Trinajstić information content (AvgIpc) is 2.61. The first-order valence-electron chi connectivity index (χ1n) is 7.87. The van der Waals surface area contributed by atoms with Crippen LogP contribution < -0.4 is 10.9 Å². The van der Waals surface area contributed by atoms with Crippen molar-refractivity contribution in [1.82, 2.24) is 20.3 Å². The monoisotopic (exact) mass is 322 g/mol. The van der Waals surface area contributed by atoms with Crippen LogP contribution >= 0.6 is 0 Å². The van der Waals surface area contributed by atoms with Crippen LogP contribution in [0.5, 0.6) is 0 Å². The molecule has 3 rings (SSSR count). The Morgan fingerprint density at radius 2 is 1.92 bits per heavy atom. The van der Waals surface area contributed by atoms with Gasteiger partial charge >= 0.3 is 0 Å². The van der Waals surface area contributed by atoms with Crippen LogP contribution in [0.4, 0.5) is 0 Å². The van der Waals surface area contributed by atoms with E-state index in [2.05, 4.69) is 20.3 Å². The highest BCUT2D eigenvalue weighted by atomic mass is 16.1. The predicted molar refractivity (Wildman–Crippen MR) is 91.6 cm³/mol. The summed E-state index contributed by atoms with van der Waals surface area (Å²) in [6, 6.07) is 12.9. The quantitative estimate of drug-likeness (QED) is 0.722. The number of aryl methyl sites for hydroxylation is 1. The Balaban J connectivity index is 1.52. The summed E-state index contributed by atoms with van der Waals surface area (Å²) in [5, 5.41) is 3.41. The summed E-state index contributed by atoms with van der Waals surface area (Å²) < 4.78 is 0. The van der Waals surface area contributed by atoms with Gasteiger partial charge < -0.3 is 10.3 Å². The number of nitrogens with one attached hydrogen (secondary N) is 2. The van der Waals surface area contributed by atoms with Crippen molar-refractivity contribution >= 4 is 16.8 Å². The van der Waals surface area contributed by atoms with Gasteiger partial charge in [-0.1, -0.05) is 18.2 Å². The molecule has 0 saturated heterocycles. The summed E-state index contributed by atoms with van der Waals surface area (Å²) in [4.78, 5) is 35.2. The van der Waals surface area contributed by atoms with E-state index >= 15 is 0 Å². The SMILES string of the molecule is O=C(CCc1nc2ccccc2c(=O)[nH]1)NCCc1ccccn1. The van der Waals surface area contributed by atoms with Crippen molar-refractivity contribution in [2.45, 2.75) is 19.3 Å². The van der Waals surface area contributed by atoms with Crippen molar-refractivity contribution in [1.29, 1.82) is 0 Å². The molecule has 0 aliphatic rings. The van der Waals surface area contributed by atoms with Gasteiger partial charge in [0.25, 0.3) is 5.56 Å². The molecule has 0 unspecified atom stereocenters. The van der Waals surface area contributed by atoms with Gasteiger partial charge in [0.1, 0.15) is 5.82 Å². The summed E-state index contributed by atoms with van der Waals surface area (Å²) >= 11 is 0. The molecule has 24 heavy (non-hydrogen) atoms. The molecule has 0 saturated carbocycles. The number of pyridine rings is 1. The second-order valence-corrected chi connectivity index (χ2v) is 5.45. The Hall–Kier alpha value is -3.02. The van der Waals surface area contributed by atoms with Crippen LogP contribution in [0.2, 0.25) is 0 Å². The van der Waals surface area contributed by atoms with Crippen molar-refractivity contribution in [3.63, 3.8) is 0 Å². The van der Waals surface area contributed by atoms with E-state index in [1.807, 2.05) is 24.3 Å². The maximum Gasteiger partial charge on any atom is 0.258 e. The van der Waals surface area contributed by atoms with Crippen molar-refractivity contribution < 1.29 is 4.79 Å². The second kappa shape index (κ2) is 7.50. The molecule has 0 aliphatic carbocycles. The molecular weight excluding hydrogens is 304 g/mol. The van der Waals surface area contributed by atoms with Gasteiger partial charge in [0.15, 0.2) is 0 Å². The average molecular weight is 322 g/mol. The van der Waals surface area contributed by atoms with Gasteiger partial charge in [-0.3, -0.25) is 14.6 Å². The number of rotatable bonds is 6. The molecule has 0 aliphatic heterocycles. The number of hydrogen-bond donors (Lipinski definition) is 2. The normalized spacial score (nSPS) is 10.7. The lowest BCUT2D eigenvalue weighted by Crippen LogP contribution is -2.26. The van der Waals surface area contributed by atoms with E-state index in [1.165, 1.54) is 0 Å². The van der Waals surface area contributed by atoms with Crippen LogP contribution in [-0.4, -0.2) is 27.4 Å². The van der Waals surface area contributed by atoms with Crippen LogP contribution in [-0.2, 0) is 17.6 Å². The zero-order chi connectivity index (χ0) is 16.8. The number of H-pyrrole nitrogens is 1. The fourth-order valence-corrected chi connectivity index (χ4v) is 2.45. The number of carbonyl (C=O) groups excluding carboxylic acids is 1. The first kappa shape index (κ1) is 15.9. The molecule has 0 atom stereocenters. The maximum atomic E-state index is 12.0. The van der Waals surface area contributed by atoms with Gasteiger partial charge in [-0.15, -0.1) is 0 Å². The Kier molecular flexibility index (Phi) is 4.96. The molecule has 2 aromatic heterocycles. The van der Waals surface area contributed by atoms with E-state index < -0.39 is 0 Å². The van der Waals surface area contributed by atoms with Crippen molar-refractivity contribution in [2.75, 3.05) is 6.54 Å². The zero-order valence-electron chi connectivity index (χ0n) is 13.2. The number of hydrogen-bond acceptors (Lipinski definition) is 4. The summed E-state index contributed by atoms with van der Waals surface area (Å²) in [7, 11) is 0. The predicted octanol–water partition coefficient (Wildman–Crippen LogP) is 1.61. The molecule has 2 N–H and O–H groups in total. The van der Waals surface area contributed by atoms with Crippen LogP contribution in [0.3, 0.4) is 0 Å². The molecule has 1 amide bonds. The molecule has 0 bridgehead atoms. The molecular formula is C18H18N4O2. The molecule has 122 valence electrons. The molecule has 0 radical (unpaired) electrons. The zero-order valence-corrected chi connectivity index (χ0v) is 13.2. The van der Waals surface area contributed by atoms with Gasteiger partial charge in [0.05, 0.1) is 10.9 Å². The summed E-state index contributed by atoms with van der Waals surface area (Å²) in [5.74, 6) is 0.459. The third-order valence-corrected chi connectivity index (χ3v) is 3.68. The van der Waals surface area contributed by atoms with Crippen LogP contribution in [0.25, 0.3) is 10.9 Å². The van der Waals surface area contributed by atoms with Crippen molar-refractivity contribution in [3.8, 4) is 0 Å². The number of fused-ring (bicyclic) bond motifs is 1. The van der Waals surface area contributed by atoms with Gasteiger partial charge in [-0.05, 0) is 24.3 Å². The third kappa shape index (κ3) is 4.04. The first-order chi connectivity index (χ1) is 11.7. The van der Waals surface area contributed by atoms with E-state index in [9.17, 15) is 9.59 Å². The number of nitrogens with zero attached hydrogens (tertiary/aromatic N) is 2. The molecule has 3 aromatic rings. The Labute approximate surface area is 139 Å². The van der Waals surface area contributed by atoms with Crippen molar-refractivity contribution in [3.05, 3.63) is 70.5 Å². The topological polar surface area (TPSA) is 87.7 Å². The van der Waals surface area contributed by atoms with E-state index in [-0.39, 0.29) is 17.9 Å². The third-order valence-electron chi connectivity index (χ3n) is 3.68. The van der Waals surface area contributed by atoms with Crippen molar-refractivity contribution in [2.24, 2.45) is 0 Å². The fourth-order valence-electron chi connectivity index (χ4n) is 2.45. The summed E-state index contributed by atoms with van der Waals surface area (Å²) in [6.07, 6.45) is 3.11.